The molecule has 1 atom stereocenters. The molecule has 0 aliphatic carbocycles. The molecular weight excluding hydrogens is 372 g/mol. The molecule has 3 amide bonds. The lowest BCUT2D eigenvalue weighted by Crippen LogP contribution is -2.38. The average molecular weight is 394 g/mol. The van der Waals surface area contributed by atoms with Gasteiger partial charge in [-0.1, -0.05) is 67.6 Å². The van der Waals surface area contributed by atoms with E-state index in [-0.39, 0.29) is 36.1 Å². The molecule has 0 saturated carbocycles. The second-order valence-corrected chi connectivity index (χ2v) is 7.40. The van der Waals surface area contributed by atoms with Crippen molar-refractivity contribution >= 4 is 34.9 Å². The van der Waals surface area contributed by atoms with Crippen molar-refractivity contribution < 1.29 is 14.4 Å². The molecular formula is C22H22N2O3S. The molecule has 0 aromatic heterocycles. The minimum atomic E-state index is -0.316. The van der Waals surface area contributed by atoms with Gasteiger partial charge in [-0.2, -0.15) is 0 Å². The highest BCUT2D eigenvalue weighted by atomic mass is 32.2. The summed E-state index contributed by atoms with van der Waals surface area (Å²) in [4.78, 5) is 38.8. The number of carbonyl (C=O) groups is 3. The molecule has 1 fully saturated rings. The number of thioether (sulfide) groups is 1. The first-order chi connectivity index (χ1) is 13.6. The van der Waals surface area contributed by atoms with Crippen LogP contribution in [0.2, 0.25) is 0 Å². The van der Waals surface area contributed by atoms with Crippen molar-refractivity contribution in [3.8, 4) is 0 Å². The highest BCUT2D eigenvalue weighted by molar-refractivity contribution is 8.18. The lowest BCUT2D eigenvalue weighted by molar-refractivity contribution is -0.125. The lowest BCUT2D eigenvalue weighted by Gasteiger charge is -2.17. The van der Waals surface area contributed by atoms with E-state index in [1.807, 2.05) is 67.6 Å². The fraction of sp³-hybridized carbons (Fsp3) is 0.227. The zero-order chi connectivity index (χ0) is 19.9. The number of hydrogen-bond donors (Lipinski definition) is 1. The fourth-order valence-corrected chi connectivity index (χ4v) is 3.93. The van der Waals surface area contributed by atoms with E-state index < -0.39 is 0 Å². The quantitative estimate of drug-likeness (QED) is 0.720. The lowest BCUT2D eigenvalue weighted by atomic mass is 9.96. The smallest absolute Gasteiger partial charge is 0.293 e. The number of carbonyl (C=O) groups excluding carboxylic acids is 3. The molecule has 1 N–H and O–H groups in total. The number of hydrogen-bond acceptors (Lipinski definition) is 4. The van der Waals surface area contributed by atoms with Gasteiger partial charge in [0, 0.05) is 13.1 Å². The Balaban J connectivity index is 1.57. The van der Waals surface area contributed by atoms with Crippen LogP contribution in [0.15, 0.2) is 65.6 Å². The van der Waals surface area contributed by atoms with E-state index in [2.05, 4.69) is 5.32 Å². The summed E-state index contributed by atoms with van der Waals surface area (Å²) in [6.07, 6.45) is 2.39. The summed E-state index contributed by atoms with van der Waals surface area (Å²) < 4.78 is 0. The Bertz CT molecular complexity index is 881. The van der Waals surface area contributed by atoms with Crippen LogP contribution in [0.25, 0.3) is 6.08 Å². The van der Waals surface area contributed by atoms with E-state index in [0.717, 1.165) is 22.9 Å². The van der Waals surface area contributed by atoms with E-state index in [1.54, 1.807) is 6.08 Å². The summed E-state index contributed by atoms with van der Waals surface area (Å²) in [5.74, 6) is -0.655. The Morgan fingerprint density at radius 2 is 1.71 bits per heavy atom. The van der Waals surface area contributed by atoms with Crippen molar-refractivity contribution in [2.24, 2.45) is 0 Å². The van der Waals surface area contributed by atoms with Gasteiger partial charge in [-0.15, -0.1) is 0 Å². The van der Waals surface area contributed by atoms with Gasteiger partial charge in [-0.05, 0) is 35.4 Å². The predicted molar refractivity (Wildman–Crippen MR) is 112 cm³/mol. The molecule has 2 aromatic rings. The largest absolute Gasteiger partial charge is 0.354 e. The van der Waals surface area contributed by atoms with E-state index in [0.29, 0.717) is 11.3 Å². The monoisotopic (exact) mass is 394 g/mol. The van der Waals surface area contributed by atoms with Gasteiger partial charge in [-0.25, -0.2) is 0 Å². The number of nitrogens with one attached hydrogen (secondary N) is 1. The van der Waals surface area contributed by atoms with Crippen molar-refractivity contribution in [2.75, 3.05) is 13.1 Å². The van der Waals surface area contributed by atoms with Crippen molar-refractivity contribution in [2.45, 2.75) is 19.3 Å². The van der Waals surface area contributed by atoms with E-state index in [1.165, 1.54) is 4.90 Å². The van der Waals surface area contributed by atoms with Crippen LogP contribution in [0.1, 0.15) is 30.4 Å². The van der Waals surface area contributed by atoms with Crippen LogP contribution in [0.3, 0.4) is 0 Å². The number of nitrogens with zero attached hydrogens (tertiary/aromatic N) is 1. The summed E-state index contributed by atoms with van der Waals surface area (Å²) in [6.45, 7) is 2.36. The Morgan fingerprint density at radius 1 is 1.07 bits per heavy atom. The van der Waals surface area contributed by atoms with Crippen molar-refractivity contribution in [3.63, 3.8) is 0 Å². The molecule has 0 bridgehead atoms. The third-order valence-electron chi connectivity index (χ3n) is 4.53. The van der Waals surface area contributed by atoms with Crippen LogP contribution in [-0.2, 0) is 9.59 Å². The van der Waals surface area contributed by atoms with Crippen molar-refractivity contribution in [3.05, 3.63) is 76.7 Å². The molecule has 1 unspecified atom stereocenters. The molecule has 1 saturated heterocycles. The molecule has 1 aliphatic heterocycles. The summed E-state index contributed by atoms with van der Waals surface area (Å²) in [6, 6.07) is 19.0. The van der Waals surface area contributed by atoms with Gasteiger partial charge in [0.1, 0.15) is 0 Å². The number of rotatable bonds is 7. The van der Waals surface area contributed by atoms with Crippen LogP contribution in [0, 0.1) is 0 Å². The molecule has 0 radical (unpaired) electrons. The third-order valence-corrected chi connectivity index (χ3v) is 5.44. The predicted octanol–water partition coefficient (Wildman–Crippen LogP) is 4.03. The first-order valence-electron chi connectivity index (χ1n) is 9.23. The highest BCUT2D eigenvalue weighted by Gasteiger charge is 2.34. The molecule has 1 aliphatic rings. The van der Waals surface area contributed by atoms with Gasteiger partial charge in [0.2, 0.25) is 5.91 Å². The van der Waals surface area contributed by atoms with Gasteiger partial charge < -0.3 is 5.32 Å². The Labute approximate surface area is 168 Å². The first kappa shape index (κ1) is 19.9. The topological polar surface area (TPSA) is 66.5 Å². The maximum Gasteiger partial charge on any atom is 0.293 e. The number of benzene rings is 2. The fourth-order valence-electron chi connectivity index (χ4n) is 3.07. The molecule has 5 nitrogen and oxygen atoms in total. The third kappa shape index (κ3) is 4.70. The molecule has 0 spiro atoms. The minimum absolute atomic E-state index is 0.0968. The zero-order valence-electron chi connectivity index (χ0n) is 15.6. The van der Waals surface area contributed by atoms with Crippen LogP contribution in [-0.4, -0.2) is 35.0 Å². The van der Waals surface area contributed by atoms with Crippen molar-refractivity contribution in [1.29, 1.82) is 0 Å². The summed E-state index contributed by atoms with van der Waals surface area (Å²) in [7, 11) is 0. The molecule has 2 aromatic carbocycles. The normalized spacial score (nSPS) is 16.5. The maximum atomic E-state index is 12.5. The summed E-state index contributed by atoms with van der Waals surface area (Å²) in [5, 5.41) is 2.54. The van der Waals surface area contributed by atoms with Crippen LogP contribution >= 0.6 is 11.8 Å². The van der Waals surface area contributed by atoms with Crippen LogP contribution < -0.4 is 5.32 Å². The second kappa shape index (κ2) is 9.37. The highest BCUT2D eigenvalue weighted by Crippen LogP contribution is 2.31. The van der Waals surface area contributed by atoms with Gasteiger partial charge in [-0.3, -0.25) is 19.3 Å². The second-order valence-electron chi connectivity index (χ2n) is 6.41. The van der Waals surface area contributed by atoms with Crippen molar-refractivity contribution in [1.82, 2.24) is 10.2 Å². The summed E-state index contributed by atoms with van der Waals surface area (Å²) in [5.41, 5.74) is 1.83. The molecule has 6 heteroatoms. The van der Waals surface area contributed by atoms with E-state index >= 15 is 0 Å². The maximum absolute atomic E-state index is 12.5. The molecule has 3 rings (SSSR count). The Morgan fingerprint density at radius 3 is 2.36 bits per heavy atom. The van der Waals surface area contributed by atoms with E-state index in [9.17, 15) is 14.4 Å². The van der Waals surface area contributed by atoms with E-state index in [4.69, 9.17) is 0 Å². The Hall–Kier alpha value is -2.86. The van der Waals surface area contributed by atoms with Gasteiger partial charge in [0.25, 0.3) is 11.1 Å². The Kier molecular flexibility index (Phi) is 6.66. The van der Waals surface area contributed by atoms with Gasteiger partial charge in [0.15, 0.2) is 0 Å². The molecule has 1 heterocycles. The SMILES string of the molecule is CCC(C(=O)NCCN1C(=O)S/C(=C\c2ccccc2)C1=O)c1ccccc1. The number of imide groups is 1. The molecule has 28 heavy (non-hydrogen) atoms. The van der Waals surface area contributed by atoms with Crippen LogP contribution in [0.5, 0.6) is 0 Å². The van der Waals surface area contributed by atoms with Gasteiger partial charge in [0.05, 0.1) is 10.8 Å². The van der Waals surface area contributed by atoms with Crippen LogP contribution in [0.4, 0.5) is 4.79 Å². The average Bonchev–Trinajstić information content (AvgIpc) is 2.97. The standard InChI is InChI=1S/C22H22N2O3S/c1-2-18(17-11-7-4-8-12-17)20(25)23-13-14-24-21(26)19(28-22(24)27)15-16-9-5-3-6-10-16/h3-12,15,18H,2,13-14H2,1H3,(H,23,25)/b19-15-. The number of amides is 3. The van der Waals surface area contributed by atoms with Gasteiger partial charge >= 0.3 is 0 Å². The molecule has 144 valence electrons. The minimum Gasteiger partial charge on any atom is -0.354 e. The summed E-state index contributed by atoms with van der Waals surface area (Å²) >= 11 is 0.929. The zero-order valence-corrected chi connectivity index (χ0v) is 16.4. The first-order valence-corrected chi connectivity index (χ1v) is 10.0.